The van der Waals surface area contributed by atoms with Gasteiger partial charge in [0.2, 0.25) is 0 Å². The molecule has 0 aliphatic heterocycles. The van der Waals surface area contributed by atoms with Crippen molar-refractivity contribution in [1.29, 1.82) is 0 Å². The van der Waals surface area contributed by atoms with Crippen LogP contribution in [0, 0.1) is 0 Å². The van der Waals surface area contributed by atoms with Crippen LogP contribution in [0.3, 0.4) is 0 Å². The zero-order valence-corrected chi connectivity index (χ0v) is 9.57. The highest BCUT2D eigenvalue weighted by Gasteiger charge is 2.05. The molecule has 0 bridgehead atoms. The van der Waals surface area contributed by atoms with E-state index in [0.29, 0.717) is 5.02 Å². The summed E-state index contributed by atoms with van der Waals surface area (Å²) in [6, 6.07) is 11.3. The number of benzene rings is 1. The van der Waals surface area contributed by atoms with Gasteiger partial charge in [-0.25, -0.2) is 4.98 Å². The Morgan fingerprint density at radius 3 is 3.00 bits per heavy atom. The van der Waals surface area contributed by atoms with E-state index in [1.807, 2.05) is 36.4 Å². The standard InChI is InChI=1S/C12H9ClN4/c13-8-3-1-4-9(7-8)15-12-10-5-2-6-14-11(10)16-17-12/h1-7H,(H2,14,15,16,17). The third kappa shape index (κ3) is 1.94. The molecular weight excluding hydrogens is 236 g/mol. The number of hydrogen-bond donors (Lipinski definition) is 2. The molecule has 3 aromatic rings. The Morgan fingerprint density at radius 2 is 2.12 bits per heavy atom. The second kappa shape index (κ2) is 4.07. The first-order chi connectivity index (χ1) is 8.33. The van der Waals surface area contributed by atoms with Crippen molar-refractivity contribution in [3.8, 4) is 0 Å². The van der Waals surface area contributed by atoms with Crippen LogP contribution < -0.4 is 5.32 Å². The number of anilines is 2. The number of nitrogens with one attached hydrogen (secondary N) is 2. The summed E-state index contributed by atoms with van der Waals surface area (Å²) in [6.07, 6.45) is 1.73. The molecule has 0 saturated heterocycles. The largest absolute Gasteiger partial charge is 0.338 e. The minimum atomic E-state index is 0.688. The maximum absolute atomic E-state index is 5.92. The summed E-state index contributed by atoms with van der Waals surface area (Å²) in [5, 5.41) is 11.9. The Kier molecular flexibility index (Phi) is 2.42. The maximum Gasteiger partial charge on any atom is 0.161 e. The highest BCUT2D eigenvalue weighted by molar-refractivity contribution is 6.30. The lowest BCUT2D eigenvalue weighted by molar-refractivity contribution is 1.10. The van der Waals surface area contributed by atoms with Crippen LogP contribution in [-0.2, 0) is 0 Å². The molecule has 4 nitrogen and oxygen atoms in total. The van der Waals surface area contributed by atoms with Crippen molar-refractivity contribution in [2.75, 3.05) is 5.32 Å². The molecule has 0 unspecified atom stereocenters. The normalized spacial score (nSPS) is 10.6. The van der Waals surface area contributed by atoms with Gasteiger partial charge in [-0.15, -0.1) is 0 Å². The number of H-pyrrole nitrogens is 1. The molecule has 0 spiro atoms. The van der Waals surface area contributed by atoms with Crippen LogP contribution in [0.5, 0.6) is 0 Å². The first-order valence-electron chi connectivity index (χ1n) is 5.14. The van der Waals surface area contributed by atoms with Crippen molar-refractivity contribution >= 4 is 34.1 Å². The summed E-state index contributed by atoms with van der Waals surface area (Å²) >= 11 is 5.92. The Morgan fingerprint density at radius 1 is 1.18 bits per heavy atom. The average Bonchev–Trinajstić information content (AvgIpc) is 2.73. The summed E-state index contributed by atoms with van der Waals surface area (Å²) in [5.74, 6) is 0.746. The Labute approximate surface area is 103 Å². The number of aromatic nitrogens is 3. The number of pyridine rings is 1. The average molecular weight is 245 g/mol. The lowest BCUT2D eigenvalue weighted by atomic mass is 10.3. The molecule has 0 aliphatic carbocycles. The zero-order chi connectivity index (χ0) is 11.7. The van der Waals surface area contributed by atoms with E-state index in [2.05, 4.69) is 20.5 Å². The number of halogens is 1. The topological polar surface area (TPSA) is 53.6 Å². The molecule has 0 amide bonds. The highest BCUT2D eigenvalue weighted by Crippen LogP contribution is 2.23. The van der Waals surface area contributed by atoms with Gasteiger partial charge in [-0.2, -0.15) is 5.10 Å². The monoisotopic (exact) mass is 244 g/mol. The second-order valence-electron chi connectivity index (χ2n) is 3.61. The number of rotatable bonds is 2. The molecule has 1 aromatic carbocycles. The quantitative estimate of drug-likeness (QED) is 0.727. The van der Waals surface area contributed by atoms with Crippen LogP contribution in [0.4, 0.5) is 11.5 Å². The van der Waals surface area contributed by atoms with Crippen LogP contribution in [0.2, 0.25) is 5.02 Å². The molecule has 17 heavy (non-hydrogen) atoms. The van der Waals surface area contributed by atoms with Gasteiger partial charge in [0, 0.05) is 16.9 Å². The van der Waals surface area contributed by atoms with E-state index in [9.17, 15) is 0 Å². The lowest BCUT2D eigenvalue weighted by Crippen LogP contribution is -1.90. The third-order valence-electron chi connectivity index (χ3n) is 2.42. The molecule has 0 radical (unpaired) electrons. The van der Waals surface area contributed by atoms with Crippen molar-refractivity contribution in [3.63, 3.8) is 0 Å². The van der Waals surface area contributed by atoms with Crippen LogP contribution in [0.15, 0.2) is 42.6 Å². The molecule has 2 N–H and O–H groups in total. The van der Waals surface area contributed by atoms with Crippen molar-refractivity contribution < 1.29 is 0 Å². The molecule has 2 aromatic heterocycles. The van der Waals surface area contributed by atoms with Crippen molar-refractivity contribution in [3.05, 3.63) is 47.6 Å². The highest BCUT2D eigenvalue weighted by atomic mass is 35.5. The van der Waals surface area contributed by atoms with Crippen LogP contribution in [0.25, 0.3) is 11.0 Å². The van der Waals surface area contributed by atoms with Gasteiger partial charge < -0.3 is 5.32 Å². The van der Waals surface area contributed by atoms with Crippen LogP contribution in [-0.4, -0.2) is 15.2 Å². The number of aromatic amines is 1. The first kappa shape index (κ1) is 10.1. The Bertz CT molecular complexity index is 662. The molecule has 3 rings (SSSR count). The van der Waals surface area contributed by atoms with Crippen molar-refractivity contribution in [1.82, 2.24) is 15.2 Å². The van der Waals surface area contributed by atoms with E-state index in [4.69, 9.17) is 11.6 Å². The molecule has 84 valence electrons. The fourth-order valence-electron chi connectivity index (χ4n) is 1.65. The predicted octanol–water partition coefficient (Wildman–Crippen LogP) is 3.35. The summed E-state index contributed by atoms with van der Waals surface area (Å²) < 4.78 is 0. The van der Waals surface area contributed by atoms with E-state index in [0.717, 1.165) is 22.5 Å². The minimum absolute atomic E-state index is 0.688. The summed E-state index contributed by atoms with van der Waals surface area (Å²) in [6.45, 7) is 0. The van der Waals surface area contributed by atoms with E-state index >= 15 is 0 Å². The van der Waals surface area contributed by atoms with E-state index < -0.39 is 0 Å². The van der Waals surface area contributed by atoms with Gasteiger partial charge in [0.15, 0.2) is 11.5 Å². The van der Waals surface area contributed by atoms with Crippen molar-refractivity contribution in [2.24, 2.45) is 0 Å². The number of hydrogen-bond acceptors (Lipinski definition) is 3. The van der Waals surface area contributed by atoms with Gasteiger partial charge in [-0.05, 0) is 30.3 Å². The van der Waals surface area contributed by atoms with Gasteiger partial charge in [-0.1, -0.05) is 17.7 Å². The predicted molar refractivity (Wildman–Crippen MR) is 68.6 cm³/mol. The number of fused-ring (bicyclic) bond motifs is 1. The summed E-state index contributed by atoms with van der Waals surface area (Å²) in [7, 11) is 0. The van der Waals surface area contributed by atoms with Gasteiger partial charge in [-0.3, -0.25) is 5.10 Å². The van der Waals surface area contributed by atoms with Gasteiger partial charge in [0.1, 0.15) is 0 Å². The molecule has 0 atom stereocenters. The molecular formula is C12H9ClN4. The van der Waals surface area contributed by atoms with Crippen LogP contribution >= 0.6 is 11.6 Å². The van der Waals surface area contributed by atoms with Gasteiger partial charge in [0.05, 0.1) is 5.39 Å². The first-order valence-corrected chi connectivity index (χ1v) is 5.52. The smallest absolute Gasteiger partial charge is 0.161 e. The van der Waals surface area contributed by atoms with Crippen LogP contribution in [0.1, 0.15) is 0 Å². The Hall–Kier alpha value is -2.07. The maximum atomic E-state index is 5.92. The lowest BCUT2D eigenvalue weighted by Gasteiger charge is -2.03. The second-order valence-corrected chi connectivity index (χ2v) is 4.04. The van der Waals surface area contributed by atoms with E-state index in [1.54, 1.807) is 6.20 Å². The summed E-state index contributed by atoms with van der Waals surface area (Å²) in [4.78, 5) is 4.18. The Balaban J connectivity index is 2.00. The SMILES string of the molecule is Clc1cccc(Nc2n[nH]c3ncccc23)c1. The summed E-state index contributed by atoms with van der Waals surface area (Å²) in [5.41, 5.74) is 1.66. The third-order valence-corrected chi connectivity index (χ3v) is 2.66. The van der Waals surface area contributed by atoms with Gasteiger partial charge >= 0.3 is 0 Å². The fraction of sp³-hybridized carbons (Fsp3) is 0. The molecule has 0 fully saturated rings. The molecule has 0 saturated carbocycles. The number of nitrogens with zero attached hydrogens (tertiary/aromatic N) is 2. The van der Waals surface area contributed by atoms with Crippen molar-refractivity contribution in [2.45, 2.75) is 0 Å². The van der Waals surface area contributed by atoms with E-state index in [1.165, 1.54) is 0 Å². The minimum Gasteiger partial charge on any atom is -0.338 e. The fourth-order valence-corrected chi connectivity index (χ4v) is 1.84. The van der Waals surface area contributed by atoms with Gasteiger partial charge in [0.25, 0.3) is 0 Å². The molecule has 0 aliphatic rings. The zero-order valence-electron chi connectivity index (χ0n) is 8.81. The molecule has 5 heteroatoms. The van der Waals surface area contributed by atoms with E-state index in [-0.39, 0.29) is 0 Å². The molecule has 2 heterocycles.